The Morgan fingerprint density at radius 1 is 1.60 bits per heavy atom. The smallest absolute Gasteiger partial charge is 0.261 e. The lowest BCUT2D eigenvalue weighted by atomic mass is 10.1. The third kappa shape index (κ3) is 2.79. The zero-order valence-corrected chi connectivity index (χ0v) is 9.69. The monoisotopic (exact) mass is 224 g/mol. The van der Waals surface area contributed by atoms with Gasteiger partial charge in [-0.25, -0.2) is 0 Å². The molecule has 4 heteroatoms. The van der Waals surface area contributed by atoms with Crippen molar-refractivity contribution in [2.24, 2.45) is 0 Å². The van der Waals surface area contributed by atoms with Gasteiger partial charge in [-0.1, -0.05) is 0 Å². The van der Waals surface area contributed by atoms with Crippen molar-refractivity contribution in [3.05, 3.63) is 21.9 Å². The summed E-state index contributed by atoms with van der Waals surface area (Å²) >= 11 is 1.55. The highest BCUT2D eigenvalue weighted by atomic mass is 32.1. The fraction of sp³-hybridized carbons (Fsp3) is 0.545. The van der Waals surface area contributed by atoms with E-state index in [1.165, 1.54) is 4.88 Å². The van der Waals surface area contributed by atoms with Crippen LogP contribution in [0.2, 0.25) is 0 Å². The second-order valence-electron chi connectivity index (χ2n) is 3.93. The molecule has 2 N–H and O–H groups in total. The van der Waals surface area contributed by atoms with Crippen LogP contribution in [0, 0.1) is 6.92 Å². The molecule has 0 aromatic carbocycles. The summed E-state index contributed by atoms with van der Waals surface area (Å²) in [6.45, 7) is 3.99. The Bertz CT molecular complexity index is 342. The van der Waals surface area contributed by atoms with Gasteiger partial charge >= 0.3 is 0 Å². The summed E-state index contributed by atoms with van der Waals surface area (Å²) in [6, 6.07) is 4.18. The van der Waals surface area contributed by atoms with Crippen LogP contribution in [0.4, 0.5) is 0 Å². The van der Waals surface area contributed by atoms with E-state index < -0.39 is 0 Å². The molecule has 1 aromatic rings. The Morgan fingerprint density at radius 3 is 3.07 bits per heavy atom. The molecule has 1 aromatic heterocycles. The molecule has 1 aliphatic rings. The van der Waals surface area contributed by atoms with Crippen molar-refractivity contribution < 1.29 is 4.79 Å². The van der Waals surface area contributed by atoms with E-state index in [0.29, 0.717) is 6.04 Å². The van der Waals surface area contributed by atoms with Crippen LogP contribution in [0.1, 0.15) is 27.4 Å². The van der Waals surface area contributed by atoms with Gasteiger partial charge in [0.15, 0.2) is 0 Å². The van der Waals surface area contributed by atoms with Crippen LogP contribution < -0.4 is 10.6 Å². The Hall–Kier alpha value is -0.870. The second-order valence-corrected chi connectivity index (χ2v) is 5.21. The van der Waals surface area contributed by atoms with Gasteiger partial charge in [0, 0.05) is 17.5 Å². The van der Waals surface area contributed by atoms with E-state index in [4.69, 9.17) is 0 Å². The van der Waals surface area contributed by atoms with E-state index in [1.54, 1.807) is 11.3 Å². The number of carbonyl (C=O) groups excluding carboxylic acids is 1. The molecule has 2 heterocycles. The van der Waals surface area contributed by atoms with Crippen molar-refractivity contribution in [3.8, 4) is 0 Å². The molecule has 1 amide bonds. The van der Waals surface area contributed by atoms with Gasteiger partial charge in [-0.3, -0.25) is 4.79 Å². The van der Waals surface area contributed by atoms with Gasteiger partial charge in [-0.2, -0.15) is 0 Å². The lowest BCUT2D eigenvalue weighted by molar-refractivity contribution is 0.0935. The number of aryl methyl sites for hydroxylation is 1. The Kier molecular flexibility index (Phi) is 3.38. The largest absolute Gasteiger partial charge is 0.347 e. The first-order valence-corrected chi connectivity index (χ1v) is 6.15. The Balaban J connectivity index is 1.91. The molecule has 0 spiro atoms. The first-order valence-electron chi connectivity index (χ1n) is 5.34. The molecule has 0 bridgehead atoms. The van der Waals surface area contributed by atoms with Gasteiger partial charge in [0.25, 0.3) is 5.91 Å². The molecule has 1 saturated heterocycles. The van der Waals surface area contributed by atoms with E-state index in [-0.39, 0.29) is 5.91 Å². The van der Waals surface area contributed by atoms with Crippen molar-refractivity contribution in [1.29, 1.82) is 0 Å². The van der Waals surface area contributed by atoms with E-state index in [2.05, 4.69) is 10.6 Å². The van der Waals surface area contributed by atoms with Gasteiger partial charge in [0.2, 0.25) is 0 Å². The van der Waals surface area contributed by atoms with Crippen molar-refractivity contribution in [1.82, 2.24) is 10.6 Å². The van der Waals surface area contributed by atoms with Gasteiger partial charge in [-0.05, 0) is 38.4 Å². The summed E-state index contributed by atoms with van der Waals surface area (Å²) in [5.41, 5.74) is 0. The number of thiophene rings is 1. The minimum absolute atomic E-state index is 0.0711. The molecule has 1 aliphatic heterocycles. The standard InChI is InChI=1S/C11H16N2OS/c1-8-4-5-10(15-8)11(14)13-9-3-2-6-12-7-9/h4-5,9,12H,2-3,6-7H2,1H3,(H,13,14)/t9-/m0/s1. The van der Waals surface area contributed by atoms with Crippen LogP contribution in [0.15, 0.2) is 12.1 Å². The highest BCUT2D eigenvalue weighted by Gasteiger charge is 2.16. The normalized spacial score (nSPS) is 21.3. The third-order valence-electron chi connectivity index (χ3n) is 2.60. The summed E-state index contributed by atoms with van der Waals surface area (Å²) in [5.74, 6) is 0.0711. The lowest BCUT2D eigenvalue weighted by Crippen LogP contribution is -2.45. The molecule has 0 unspecified atom stereocenters. The van der Waals surface area contributed by atoms with Crippen molar-refractivity contribution >= 4 is 17.2 Å². The SMILES string of the molecule is Cc1ccc(C(=O)N[C@H]2CCCNC2)s1. The summed E-state index contributed by atoms with van der Waals surface area (Å²) in [6.07, 6.45) is 2.23. The quantitative estimate of drug-likeness (QED) is 0.800. The van der Waals surface area contributed by atoms with Gasteiger partial charge in [0.05, 0.1) is 4.88 Å². The molecule has 2 rings (SSSR count). The fourth-order valence-corrected chi connectivity index (χ4v) is 2.56. The molecule has 82 valence electrons. The maximum Gasteiger partial charge on any atom is 0.261 e. The van der Waals surface area contributed by atoms with E-state index in [9.17, 15) is 4.79 Å². The fourth-order valence-electron chi connectivity index (χ4n) is 1.79. The summed E-state index contributed by atoms with van der Waals surface area (Å²) in [4.78, 5) is 13.8. The molecular weight excluding hydrogens is 208 g/mol. The van der Waals surface area contributed by atoms with E-state index >= 15 is 0 Å². The average molecular weight is 224 g/mol. The first kappa shape index (κ1) is 10.6. The second kappa shape index (κ2) is 4.77. The molecule has 1 fully saturated rings. The predicted molar refractivity (Wildman–Crippen MR) is 62.4 cm³/mol. The van der Waals surface area contributed by atoms with Crippen LogP contribution in [-0.4, -0.2) is 25.0 Å². The third-order valence-corrected chi connectivity index (χ3v) is 3.60. The summed E-state index contributed by atoms with van der Waals surface area (Å²) in [7, 11) is 0. The number of carbonyl (C=O) groups is 1. The van der Waals surface area contributed by atoms with Crippen molar-refractivity contribution in [2.45, 2.75) is 25.8 Å². The van der Waals surface area contributed by atoms with Crippen molar-refractivity contribution in [2.75, 3.05) is 13.1 Å². The van der Waals surface area contributed by atoms with Gasteiger partial charge in [0.1, 0.15) is 0 Å². The maximum atomic E-state index is 11.8. The van der Waals surface area contributed by atoms with E-state index in [0.717, 1.165) is 30.8 Å². The average Bonchev–Trinajstić information content (AvgIpc) is 2.66. The van der Waals surface area contributed by atoms with Crippen LogP contribution >= 0.6 is 11.3 Å². The van der Waals surface area contributed by atoms with Crippen LogP contribution in [0.3, 0.4) is 0 Å². The number of amides is 1. The number of hydrogen-bond donors (Lipinski definition) is 2. The molecule has 0 aliphatic carbocycles. The van der Waals surface area contributed by atoms with Crippen molar-refractivity contribution in [3.63, 3.8) is 0 Å². The highest BCUT2D eigenvalue weighted by molar-refractivity contribution is 7.13. The Labute approximate surface area is 93.9 Å². The van der Waals surface area contributed by atoms with Crippen LogP contribution in [0.5, 0.6) is 0 Å². The molecule has 3 nitrogen and oxygen atoms in total. The van der Waals surface area contributed by atoms with E-state index in [1.807, 2.05) is 19.1 Å². The predicted octanol–water partition coefficient (Wildman–Crippen LogP) is 1.54. The van der Waals surface area contributed by atoms with Crippen LogP contribution in [-0.2, 0) is 0 Å². The highest BCUT2D eigenvalue weighted by Crippen LogP contribution is 2.15. The summed E-state index contributed by atoms with van der Waals surface area (Å²) in [5, 5.41) is 6.34. The molecule has 0 radical (unpaired) electrons. The number of piperidine rings is 1. The zero-order chi connectivity index (χ0) is 10.7. The molecule has 1 atom stereocenters. The maximum absolute atomic E-state index is 11.8. The molecule has 0 saturated carbocycles. The Morgan fingerprint density at radius 2 is 2.47 bits per heavy atom. The minimum Gasteiger partial charge on any atom is -0.347 e. The number of hydrogen-bond acceptors (Lipinski definition) is 3. The zero-order valence-electron chi connectivity index (χ0n) is 8.88. The molecular formula is C11H16N2OS. The number of rotatable bonds is 2. The number of nitrogens with one attached hydrogen (secondary N) is 2. The minimum atomic E-state index is 0.0711. The lowest BCUT2D eigenvalue weighted by Gasteiger charge is -2.23. The van der Waals surface area contributed by atoms with Gasteiger partial charge < -0.3 is 10.6 Å². The first-order chi connectivity index (χ1) is 7.25. The summed E-state index contributed by atoms with van der Waals surface area (Å²) < 4.78 is 0. The molecule has 15 heavy (non-hydrogen) atoms. The van der Waals surface area contributed by atoms with Gasteiger partial charge in [-0.15, -0.1) is 11.3 Å². The van der Waals surface area contributed by atoms with Crippen LogP contribution in [0.25, 0.3) is 0 Å². The topological polar surface area (TPSA) is 41.1 Å².